The molecule has 1 atom stereocenters. The first kappa shape index (κ1) is 22.5. The van der Waals surface area contributed by atoms with Gasteiger partial charge in [-0.2, -0.15) is 5.10 Å². The third kappa shape index (κ3) is 5.55. The maximum Gasteiger partial charge on any atom is 0.255 e. The second-order valence-electron chi connectivity index (χ2n) is 7.58. The molecule has 0 aliphatic carbocycles. The largest absolute Gasteiger partial charge is 0.324 e. The van der Waals surface area contributed by atoms with E-state index in [1.807, 2.05) is 6.07 Å². The van der Waals surface area contributed by atoms with E-state index in [-0.39, 0.29) is 17.7 Å². The zero-order valence-electron chi connectivity index (χ0n) is 18.4. The van der Waals surface area contributed by atoms with Crippen molar-refractivity contribution >= 4 is 34.8 Å². The van der Waals surface area contributed by atoms with E-state index in [0.717, 1.165) is 0 Å². The number of benzene rings is 3. The second-order valence-corrected chi connectivity index (χ2v) is 7.58. The summed E-state index contributed by atoms with van der Waals surface area (Å²) in [6.45, 7) is 1.75. The van der Waals surface area contributed by atoms with Gasteiger partial charge in [-0.05, 0) is 67.6 Å². The van der Waals surface area contributed by atoms with E-state index < -0.39 is 6.04 Å². The van der Waals surface area contributed by atoms with Crippen LogP contribution in [0.2, 0.25) is 0 Å². The lowest BCUT2D eigenvalue weighted by Gasteiger charge is -2.13. The van der Waals surface area contributed by atoms with E-state index in [4.69, 9.17) is 0 Å². The number of aromatic nitrogens is 2. The van der Waals surface area contributed by atoms with Gasteiger partial charge in [-0.3, -0.25) is 19.1 Å². The highest BCUT2D eigenvalue weighted by molar-refractivity contribution is 6.06. The van der Waals surface area contributed by atoms with Crippen LogP contribution in [0.15, 0.2) is 97.3 Å². The third-order valence-electron chi connectivity index (χ3n) is 5.13. The number of amides is 3. The summed E-state index contributed by atoms with van der Waals surface area (Å²) in [6, 6.07) is 23.7. The molecule has 1 heterocycles. The van der Waals surface area contributed by atoms with Gasteiger partial charge in [0, 0.05) is 40.6 Å². The average Bonchev–Trinajstić information content (AvgIpc) is 3.40. The Hall–Kier alpha value is -4.72. The Labute approximate surface area is 196 Å². The molecule has 34 heavy (non-hydrogen) atoms. The number of carbonyl (C=O) groups excluding carboxylic acids is 3. The first-order valence-electron chi connectivity index (χ1n) is 10.7. The van der Waals surface area contributed by atoms with Gasteiger partial charge in [0.1, 0.15) is 6.04 Å². The summed E-state index contributed by atoms with van der Waals surface area (Å²) in [5.74, 6) is -0.756. The Bertz CT molecular complexity index is 1290. The molecule has 8 nitrogen and oxygen atoms in total. The molecule has 0 bridgehead atoms. The summed E-state index contributed by atoms with van der Waals surface area (Å²) >= 11 is 0. The van der Waals surface area contributed by atoms with Crippen LogP contribution >= 0.6 is 0 Å². The standard InChI is InChI=1S/C26H23N5O3/c1-18(31-16-6-15-27-31)24(32)29-22-9-5-10-23(17-22)30-26(34)20-11-13-21(14-12-20)28-25(33)19-7-3-2-4-8-19/h2-18H,1H3,(H,28,33)(H,29,32)(H,30,34). The number of rotatable bonds is 7. The van der Waals surface area contributed by atoms with Crippen LogP contribution in [-0.2, 0) is 4.79 Å². The molecule has 3 aromatic carbocycles. The first-order chi connectivity index (χ1) is 16.5. The molecule has 0 aliphatic heterocycles. The number of nitrogens with one attached hydrogen (secondary N) is 3. The number of anilines is 3. The maximum absolute atomic E-state index is 12.7. The Morgan fingerprint density at radius 3 is 1.97 bits per heavy atom. The van der Waals surface area contributed by atoms with Crippen molar-refractivity contribution < 1.29 is 14.4 Å². The first-order valence-corrected chi connectivity index (χ1v) is 10.7. The van der Waals surface area contributed by atoms with E-state index in [0.29, 0.717) is 28.2 Å². The lowest BCUT2D eigenvalue weighted by atomic mass is 10.1. The Morgan fingerprint density at radius 1 is 0.706 bits per heavy atom. The highest BCUT2D eigenvalue weighted by Gasteiger charge is 2.15. The zero-order valence-corrected chi connectivity index (χ0v) is 18.4. The summed E-state index contributed by atoms with van der Waals surface area (Å²) in [4.78, 5) is 37.4. The van der Waals surface area contributed by atoms with Crippen LogP contribution < -0.4 is 16.0 Å². The summed E-state index contributed by atoms with van der Waals surface area (Å²) in [7, 11) is 0. The lowest BCUT2D eigenvalue weighted by Crippen LogP contribution is -2.24. The van der Waals surface area contributed by atoms with Crippen LogP contribution in [0.5, 0.6) is 0 Å². The van der Waals surface area contributed by atoms with Crippen LogP contribution in [0, 0.1) is 0 Å². The molecule has 0 saturated carbocycles. The number of carbonyl (C=O) groups is 3. The van der Waals surface area contributed by atoms with Gasteiger partial charge in [0.05, 0.1) is 0 Å². The van der Waals surface area contributed by atoms with Crippen LogP contribution in [0.4, 0.5) is 17.1 Å². The molecule has 3 amide bonds. The summed E-state index contributed by atoms with van der Waals surface area (Å²) in [5.41, 5.74) is 2.66. The van der Waals surface area contributed by atoms with Crippen molar-refractivity contribution in [1.82, 2.24) is 9.78 Å². The molecule has 0 aliphatic rings. The molecular formula is C26H23N5O3. The van der Waals surface area contributed by atoms with Crippen molar-refractivity contribution in [3.05, 3.63) is 108 Å². The minimum absolute atomic E-state index is 0.222. The smallest absolute Gasteiger partial charge is 0.255 e. The van der Waals surface area contributed by atoms with Crippen molar-refractivity contribution in [2.24, 2.45) is 0 Å². The fraction of sp³-hybridized carbons (Fsp3) is 0.0769. The predicted molar refractivity (Wildman–Crippen MR) is 131 cm³/mol. The number of nitrogens with zero attached hydrogens (tertiary/aromatic N) is 2. The van der Waals surface area contributed by atoms with E-state index in [2.05, 4.69) is 21.0 Å². The molecule has 1 unspecified atom stereocenters. The lowest BCUT2D eigenvalue weighted by molar-refractivity contribution is -0.119. The van der Waals surface area contributed by atoms with E-state index in [1.165, 1.54) is 0 Å². The topological polar surface area (TPSA) is 105 Å². The number of hydrogen-bond acceptors (Lipinski definition) is 4. The van der Waals surface area contributed by atoms with Crippen LogP contribution in [0.3, 0.4) is 0 Å². The van der Waals surface area contributed by atoms with Crippen molar-refractivity contribution in [2.45, 2.75) is 13.0 Å². The monoisotopic (exact) mass is 453 g/mol. The molecule has 4 rings (SSSR count). The molecule has 3 N–H and O–H groups in total. The predicted octanol–water partition coefficient (Wildman–Crippen LogP) is 4.59. The SMILES string of the molecule is CC(C(=O)Nc1cccc(NC(=O)c2ccc(NC(=O)c3ccccc3)cc2)c1)n1cccn1. The second kappa shape index (κ2) is 10.3. The Kier molecular flexibility index (Phi) is 6.78. The average molecular weight is 454 g/mol. The van der Waals surface area contributed by atoms with E-state index >= 15 is 0 Å². The van der Waals surface area contributed by atoms with Crippen LogP contribution in [0.1, 0.15) is 33.7 Å². The fourth-order valence-corrected chi connectivity index (χ4v) is 3.25. The molecule has 0 saturated heterocycles. The van der Waals surface area contributed by atoms with E-state index in [1.54, 1.807) is 103 Å². The molecule has 1 aromatic heterocycles. The van der Waals surface area contributed by atoms with Gasteiger partial charge in [0.2, 0.25) is 5.91 Å². The molecule has 0 radical (unpaired) electrons. The maximum atomic E-state index is 12.7. The number of hydrogen-bond donors (Lipinski definition) is 3. The molecule has 170 valence electrons. The molecular weight excluding hydrogens is 430 g/mol. The third-order valence-corrected chi connectivity index (χ3v) is 5.13. The Balaban J connectivity index is 1.36. The fourth-order valence-electron chi connectivity index (χ4n) is 3.25. The van der Waals surface area contributed by atoms with E-state index in [9.17, 15) is 14.4 Å². The minimum atomic E-state index is -0.478. The van der Waals surface area contributed by atoms with Crippen molar-refractivity contribution in [3.63, 3.8) is 0 Å². The van der Waals surface area contributed by atoms with Gasteiger partial charge in [-0.1, -0.05) is 24.3 Å². The van der Waals surface area contributed by atoms with Gasteiger partial charge in [0.15, 0.2) is 0 Å². The minimum Gasteiger partial charge on any atom is -0.324 e. The molecule has 0 fully saturated rings. The zero-order chi connectivity index (χ0) is 23.9. The summed E-state index contributed by atoms with van der Waals surface area (Å²) < 4.78 is 1.56. The summed E-state index contributed by atoms with van der Waals surface area (Å²) in [5, 5.41) is 12.5. The van der Waals surface area contributed by atoms with Crippen molar-refractivity contribution in [3.8, 4) is 0 Å². The van der Waals surface area contributed by atoms with Crippen molar-refractivity contribution in [2.75, 3.05) is 16.0 Å². The molecule has 0 spiro atoms. The normalized spacial score (nSPS) is 11.3. The molecule has 4 aromatic rings. The van der Waals surface area contributed by atoms with Crippen molar-refractivity contribution in [1.29, 1.82) is 0 Å². The van der Waals surface area contributed by atoms with Crippen LogP contribution in [-0.4, -0.2) is 27.5 Å². The van der Waals surface area contributed by atoms with Gasteiger partial charge >= 0.3 is 0 Å². The van der Waals surface area contributed by atoms with Gasteiger partial charge in [-0.15, -0.1) is 0 Å². The van der Waals surface area contributed by atoms with Crippen LogP contribution in [0.25, 0.3) is 0 Å². The Morgan fingerprint density at radius 2 is 1.32 bits per heavy atom. The van der Waals surface area contributed by atoms with Gasteiger partial charge < -0.3 is 16.0 Å². The summed E-state index contributed by atoms with van der Waals surface area (Å²) in [6.07, 6.45) is 3.34. The molecule has 8 heteroatoms. The highest BCUT2D eigenvalue weighted by atomic mass is 16.2. The highest BCUT2D eigenvalue weighted by Crippen LogP contribution is 2.19. The quantitative estimate of drug-likeness (QED) is 0.381. The van der Waals surface area contributed by atoms with Gasteiger partial charge in [-0.25, -0.2) is 0 Å². The van der Waals surface area contributed by atoms with Gasteiger partial charge in [0.25, 0.3) is 11.8 Å².